The molecule has 2 aromatic rings. The van der Waals surface area contributed by atoms with Gasteiger partial charge in [0.25, 0.3) is 5.69 Å². The molecule has 10 heteroatoms. The lowest BCUT2D eigenvalue weighted by atomic mass is 10.3. The molecule has 0 saturated carbocycles. The number of nitrogens with one attached hydrogen (secondary N) is 1. The highest BCUT2D eigenvalue weighted by atomic mass is 35.5. The first-order valence-electron chi connectivity index (χ1n) is 6.73. The Hall–Kier alpha value is -1.97. The van der Waals surface area contributed by atoms with Crippen LogP contribution in [0.3, 0.4) is 0 Å². The average molecular weight is 359 g/mol. The Labute approximate surface area is 138 Å². The predicted octanol–water partition coefficient (Wildman–Crippen LogP) is 2.12. The Bertz CT molecular complexity index is 819. The van der Waals surface area contributed by atoms with Gasteiger partial charge in [-0.2, -0.15) is 5.10 Å². The summed E-state index contributed by atoms with van der Waals surface area (Å²) in [5.41, 5.74) is 0.544. The molecule has 0 radical (unpaired) electrons. The Balaban J connectivity index is 1.95. The van der Waals surface area contributed by atoms with E-state index >= 15 is 0 Å². The highest BCUT2D eigenvalue weighted by Crippen LogP contribution is 2.17. The van der Waals surface area contributed by atoms with Crippen molar-refractivity contribution < 1.29 is 13.3 Å². The molecule has 0 spiro atoms. The zero-order valence-corrected chi connectivity index (χ0v) is 13.8. The van der Waals surface area contributed by atoms with Gasteiger partial charge in [-0.25, -0.2) is 13.1 Å². The van der Waals surface area contributed by atoms with Crippen molar-refractivity contribution in [3.8, 4) is 0 Å². The van der Waals surface area contributed by atoms with Gasteiger partial charge in [-0.3, -0.25) is 14.8 Å². The number of sulfonamides is 1. The van der Waals surface area contributed by atoms with Crippen LogP contribution in [0.2, 0.25) is 5.02 Å². The van der Waals surface area contributed by atoms with Gasteiger partial charge < -0.3 is 0 Å². The van der Waals surface area contributed by atoms with Crippen LogP contribution in [-0.2, 0) is 16.6 Å². The summed E-state index contributed by atoms with van der Waals surface area (Å²) >= 11 is 5.89. The van der Waals surface area contributed by atoms with Crippen LogP contribution >= 0.6 is 11.6 Å². The molecule has 8 nitrogen and oxygen atoms in total. The lowest BCUT2D eigenvalue weighted by Gasteiger charge is -2.08. The van der Waals surface area contributed by atoms with Crippen LogP contribution < -0.4 is 4.72 Å². The maximum atomic E-state index is 12.1. The van der Waals surface area contributed by atoms with Crippen LogP contribution in [0.25, 0.3) is 0 Å². The van der Waals surface area contributed by atoms with Crippen LogP contribution in [0.15, 0.2) is 35.4 Å². The topological polar surface area (TPSA) is 107 Å². The second-order valence-corrected chi connectivity index (χ2v) is 6.98. The van der Waals surface area contributed by atoms with Gasteiger partial charge in [-0.15, -0.1) is 0 Å². The minimum absolute atomic E-state index is 0.134. The lowest BCUT2D eigenvalue weighted by Crippen LogP contribution is -2.25. The van der Waals surface area contributed by atoms with Crippen LogP contribution in [0, 0.1) is 17.0 Å². The number of halogens is 1. The third-order valence-electron chi connectivity index (χ3n) is 3.22. The second-order valence-electron chi connectivity index (χ2n) is 4.81. The molecule has 23 heavy (non-hydrogen) atoms. The summed E-state index contributed by atoms with van der Waals surface area (Å²) in [5.74, 6) is 0. The van der Waals surface area contributed by atoms with Crippen molar-refractivity contribution in [2.24, 2.45) is 0 Å². The van der Waals surface area contributed by atoms with Gasteiger partial charge in [0.1, 0.15) is 0 Å². The highest BCUT2D eigenvalue weighted by molar-refractivity contribution is 7.89. The van der Waals surface area contributed by atoms with Gasteiger partial charge in [0.05, 0.1) is 26.7 Å². The molecule has 0 bridgehead atoms. The van der Waals surface area contributed by atoms with Crippen LogP contribution in [-0.4, -0.2) is 29.7 Å². The molecular weight excluding hydrogens is 344 g/mol. The van der Waals surface area contributed by atoms with Crippen LogP contribution in [0.1, 0.15) is 12.1 Å². The fraction of sp³-hybridized carbons (Fsp3) is 0.308. The summed E-state index contributed by atoms with van der Waals surface area (Å²) < 4.78 is 28.3. The van der Waals surface area contributed by atoms with E-state index < -0.39 is 14.9 Å². The fourth-order valence-corrected chi connectivity index (χ4v) is 3.19. The van der Waals surface area contributed by atoms with E-state index in [0.717, 1.165) is 11.8 Å². The Morgan fingerprint density at radius 1 is 1.43 bits per heavy atom. The summed E-state index contributed by atoms with van der Waals surface area (Å²) in [7, 11) is -3.79. The third kappa shape index (κ3) is 4.27. The van der Waals surface area contributed by atoms with Crippen LogP contribution in [0.4, 0.5) is 5.69 Å². The molecule has 0 amide bonds. The molecule has 1 heterocycles. The van der Waals surface area contributed by atoms with Crippen molar-refractivity contribution in [1.29, 1.82) is 0 Å². The van der Waals surface area contributed by atoms with Gasteiger partial charge in [0.15, 0.2) is 0 Å². The van der Waals surface area contributed by atoms with Crippen molar-refractivity contribution in [3.05, 3.63) is 51.3 Å². The maximum absolute atomic E-state index is 12.1. The monoisotopic (exact) mass is 358 g/mol. The van der Waals surface area contributed by atoms with Crippen molar-refractivity contribution in [2.75, 3.05) is 6.54 Å². The fourth-order valence-electron chi connectivity index (χ4n) is 1.93. The number of hydrogen-bond donors (Lipinski definition) is 1. The summed E-state index contributed by atoms with van der Waals surface area (Å²) in [5, 5.41) is 15.3. The quantitative estimate of drug-likeness (QED) is 0.463. The molecule has 0 saturated heterocycles. The molecule has 0 aliphatic heterocycles. The highest BCUT2D eigenvalue weighted by Gasteiger charge is 2.17. The average Bonchev–Trinajstić information content (AvgIpc) is 2.83. The second kappa shape index (κ2) is 7.07. The smallest absolute Gasteiger partial charge is 0.268 e. The molecule has 0 atom stereocenters. The van der Waals surface area contributed by atoms with Gasteiger partial charge in [0, 0.05) is 25.2 Å². The summed E-state index contributed by atoms with van der Waals surface area (Å²) in [6.07, 6.45) is 2.04. The van der Waals surface area contributed by atoms with E-state index in [1.807, 2.05) is 6.92 Å². The van der Waals surface area contributed by atoms with Crippen LogP contribution in [0.5, 0.6) is 0 Å². The number of nitro groups is 1. The van der Waals surface area contributed by atoms with E-state index in [-0.39, 0.29) is 17.1 Å². The Morgan fingerprint density at radius 3 is 2.78 bits per heavy atom. The van der Waals surface area contributed by atoms with Crippen molar-refractivity contribution in [1.82, 2.24) is 14.5 Å². The number of nitro benzene ring substituents is 1. The van der Waals surface area contributed by atoms with Crippen molar-refractivity contribution >= 4 is 27.3 Å². The SMILES string of the molecule is Cc1c(Cl)cnn1CCCNS(=O)(=O)c1cccc([N+](=O)[O-])c1. The number of hydrogen-bond acceptors (Lipinski definition) is 5. The minimum atomic E-state index is -3.79. The lowest BCUT2D eigenvalue weighted by molar-refractivity contribution is -0.385. The number of nitrogens with zero attached hydrogens (tertiary/aromatic N) is 3. The van der Waals surface area contributed by atoms with E-state index in [1.54, 1.807) is 4.68 Å². The standard InChI is InChI=1S/C13H15ClN4O4S/c1-10-13(14)9-15-17(10)7-3-6-16-23(21,22)12-5-2-4-11(8-12)18(19)20/h2,4-5,8-9,16H,3,6-7H2,1H3. The molecule has 124 valence electrons. The first kappa shape index (κ1) is 17.4. The maximum Gasteiger partial charge on any atom is 0.270 e. The number of benzene rings is 1. The molecule has 0 aliphatic rings. The van der Waals surface area contributed by atoms with Crippen molar-refractivity contribution in [3.63, 3.8) is 0 Å². The Morgan fingerprint density at radius 2 is 2.17 bits per heavy atom. The number of aryl methyl sites for hydroxylation is 1. The normalized spacial score (nSPS) is 11.6. The number of rotatable bonds is 7. The van der Waals surface area contributed by atoms with E-state index in [0.29, 0.717) is 18.0 Å². The Kier molecular flexibility index (Phi) is 5.34. The van der Waals surface area contributed by atoms with E-state index in [2.05, 4.69) is 9.82 Å². The minimum Gasteiger partial charge on any atom is -0.268 e. The largest absolute Gasteiger partial charge is 0.270 e. The summed E-state index contributed by atoms with van der Waals surface area (Å²) in [6.45, 7) is 2.51. The molecule has 1 aromatic carbocycles. The molecule has 2 rings (SSSR count). The van der Waals surface area contributed by atoms with Gasteiger partial charge in [0.2, 0.25) is 10.0 Å². The zero-order valence-electron chi connectivity index (χ0n) is 12.3. The van der Waals surface area contributed by atoms with Gasteiger partial charge in [-0.05, 0) is 19.4 Å². The van der Waals surface area contributed by atoms with Crippen molar-refractivity contribution in [2.45, 2.75) is 24.8 Å². The van der Waals surface area contributed by atoms with E-state index in [4.69, 9.17) is 11.6 Å². The predicted molar refractivity (Wildman–Crippen MR) is 84.9 cm³/mol. The summed E-state index contributed by atoms with van der Waals surface area (Å²) in [6, 6.07) is 4.91. The number of non-ortho nitro benzene ring substituents is 1. The zero-order chi connectivity index (χ0) is 17.0. The molecule has 0 fully saturated rings. The molecule has 1 aromatic heterocycles. The van der Waals surface area contributed by atoms with E-state index in [9.17, 15) is 18.5 Å². The van der Waals surface area contributed by atoms with E-state index in [1.165, 1.54) is 24.4 Å². The first-order chi connectivity index (χ1) is 10.8. The van der Waals surface area contributed by atoms with Gasteiger partial charge >= 0.3 is 0 Å². The molecular formula is C13H15ClN4O4S. The summed E-state index contributed by atoms with van der Waals surface area (Å²) in [4.78, 5) is 9.93. The molecule has 1 N–H and O–H groups in total. The van der Waals surface area contributed by atoms with Gasteiger partial charge in [-0.1, -0.05) is 17.7 Å². The molecule has 0 unspecified atom stereocenters. The molecule has 0 aliphatic carbocycles. The third-order valence-corrected chi connectivity index (χ3v) is 5.05. The first-order valence-corrected chi connectivity index (χ1v) is 8.59. The number of aromatic nitrogens is 2.